The Labute approximate surface area is 174 Å². The van der Waals surface area contributed by atoms with Gasteiger partial charge in [0.05, 0.1) is 26.2 Å². The molecule has 0 spiro atoms. The van der Waals surface area contributed by atoms with Crippen molar-refractivity contribution in [2.75, 3.05) is 38.0 Å². The molecule has 5 nitrogen and oxygen atoms in total. The Morgan fingerprint density at radius 1 is 1.21 bits per heavy atom. The van der Waals surface area contributed by atoms with E-state index >= 15 is 0 Å². The maximum absolute atomic E-state index is 12.5. The molecule has 1 amide bonds. The molecule has 2 fully saturated rings. The van der Waals surface area contributed by atoms with Gasteiger partial charge in [-0.15, -0.1) is 0 Å². The summed E-state index contributed by atoms with van der Waals surface area (Å²) >= 11 is 5.67. The second-order valence-corrected chi connectivity index (χ2v) is 8.68. The Kier molecular flexibility index (Phi) is 7.68. The first-order valence-electron chi connectivity index (χ1n) is 10.8. The topological polar surface area (TPSA) is 48.8 Å². The summed E-state index contributed by atoms with van der Waals surface area (Å²) in [6.07, 6.45) is 6.10. The van der Waals surface area contributed by atoms with Gasteiger partial charge >= 0.3 is 0 Å². The molecule has 1 saturated carbocycles. The van der Waals surface area contributed by atoms with Gasteiger partial charge < -0.3 is 20.4 Å². The molecule has 1 saturated heterocycles. The summed E-state index contributed by atoms with van der Waals surface area (Å²) in [7, 11) is 0. The third-order valence-electron chi connectivity index (χ3n) is 6.26. The predicted octanol–water partition coefficient (Wildman–Crippen LogP) is 1.84. The van der Waals surface area contributed by atoms with Gasteiger partial charge in [-0.2, -0.15) is 0 Å². The zero-order valence-corrected chi connectivity index (χ0v) is 18.1. The van der Waals surface area contributed by atoms with E-state index < -0.39 is 0 Å². The smallest absolute Gasteiger partial charge is 0.279 e. The van der Waals surface area contributed by atoms with E-state index in [1.807, 2.05) is 18.2 Å². The Morgan fingerprint density at radius 3 is 2.64 bits per heavy atom. The van der Waals surface area contributed by atoms with Crippen molar-refractivity contribution in [2.45, 2.75) is 52.0 Å². The van der Waals surface area contributed by atoms with Gasteiger partial charge in [-0.05, 0) is 49.0 Å². The molecule has 1 aromatic rings. The number of rotatable bonds is 5. The lowest BCUT2D eigenvalue weighted by atomic mass is 9.86. The van der Waals surface area contributed by atoms with Crippen LogP contribution in [0.2, 0.25) is 0 Å². The number of anilines is 1. The molecule has 6 heteroatoms. The Morgan fingerprint density at radius 2 is 1.93 bits per heavy atom. The lowest BCUT2D eigenvalue weighted by molar-refractivity contribution is -0.895. The first-order chi connectivity index (χ1) is 13.6. The van der Waals surface area contributed by atoms with E-state index in [9.17, 15) is 4.79 Å². The molecule has 1 aliphatic carbocycles. The molecular weight excluding hydrogens is 368 g/mol. The minimum absolute atomic E-state index is 0.0982. The number of hydrogen-bond acceptors (Lipinski definition) is 2. The monoisotopic (exact) mass is 403 g/mol. The molecule has 0 bridgehead atoms. The third-order valence-corrected chi connectivity index (χ3v) is 6.64. The van der Waals surface area contributed by atoms with Crippen molar-refractivity contribution in [1.82, 2.24) is 10.2 Å². The Bertz CT molecular complexity index is 672. The number of para-hydroxylation sites is 1. The average molecular weight is 404 g/mol. The number of thiocarbonyl (C=S) groups is 1. The van der Waals surface area contributed by atoms with Gasteiger partial charge in [-0.1, -0.05) is 44.9 Å². The van der Waals surface area contributed by atoms with Crippen molar-refractivity contribution in [2.24, 2.45) is 5.92 Å². The van der Waals surface area contributed by atoms with Gasteiger partial charge in [0.25, 0.3) is 5.91 Å². The van der Waals surface area contributed by atoms with Crippen LogP contribution in [-0.2, 0) is 11.2 Å². The predicted molar refractivity (Wildman–Crippen MR) is 119 cm³/mol. The van der Waals surface area contributed by atoms with Crippen molar-refractivity contribution >= 4 is 28.9 Å². The minimum Gasteiger partial charge on any atom is -0.360 e. The van der Waals surface area contributed by atoms with E-state index in [0.29, 0.717) is 18.5 Å². The van der Waals surface area contributed by atoms with Gasteiger partial charge in [0.1, 0.15) is 0 Å². The van der Waals surface area contributed by atoms with Crippen LogP contribution in [0.5, 0.6) is 0 Å². The summed E-state index contributed by atoms with van der Waals surface area (Å²) in [5.41, 5.74) is 2.13. The number of carbonyl (C=O) groups excluding carboxylic acids is 1. The fourth-order valence-corrected chi connectivity index (χ4v) is 4.69. The summed E-state index contributed by atoms with van der Waals surface area (Å²) in [5, 5.41) is 7.60. The van der Waals surface area contributed by atoms with Gasteiger partial charge in [-0.25, -0.2) is 0 Å². The fourth-order valence-electron chi connectivity index (χ4n) is 4.36. The van der Waals surface area contributed by atoms with Crippen LogP contribution in [0.4, 0.5) is 5.69 Å². The highest BCUT2D eigenvalue weighted by atomic mass is 32.1. The van der Waals surface area contributed by atoms with Gasteiger partial charge in [-0.3, -0.25) is 4.79 Å². The molecular formula is C22H35N4OS+. The van der Waals surface area contributed by atoms with Crippen LogP contribution in [-0.4, -0.2) is 54.7 Å². The number of hydrogen-bond donors (Lipinski definition) is 3. The minimum atomic E-state index is 0.0982. The first kappa shape index (κ1) is 21.1. The van der Waals surface area contributed by atoms with E-state index in [0.717, 1.165) is 43.4 Å². The number of aryl methyl sites for hydroxylation is 1. The normalized spacial score (nSPS) is 23.3. The van der Waals surface area contributed by atoms with E-state index in [4.69, 9.17) is 12.2 Å². The zero-order valence-electron chi connectivity index (χ0n) is 17.3. The summed E-state index contributed by atoms with van der Waals surface area (Å²) < 4.78 is 0. The van der Waals surface area contributed by atoms with Crippen molar-refractivity contribution in [3.8, 4) is 0 Å². The van der Waals surface area contributed by atoms with E-state index in [1.165, 1.54) is 36.1 Å². The molecule has 1 aromatic carbocycles. The van der Waals surface area contributed by atoms with Crippen LogP contribution in [0.3, 0.4) is 0 Å². The second kappa shape index (κ2) is 10.2. The standard InChI is InChI=1S/C22H34N4OS/c1-3-18-9-5-7-11-20(18)23-21(27)16-25-12-14-26(15-13-25)22(28)24-19-10-6-4-8-17(19)2/h5,7,9,11,17,19H,3-4,6,8,10,12-16H2,1-2H3,(H,23,27)(H,24,28)/p+1/t17-,19+/m1/s1. The molecule has 3 N–H and O–H groups in total. The number of benzene rings is 1. The lowest BCUT2D eigenvalue weighted by Crippen LogP contribution is -3.15. The van der Waals surface area contributed by atoms with Gasteiger partial charge in [0.15, 0.2) is 11.7 Å². The molecule has 28 heavy (non-hydrogen) atoms. The average Bonchev–Trinajstić information content (AvgIpc) is 2.70. The van der Waals surface area contributed by atoms with E-state index in [1.54, 1.807) is 0 Å². The Hall–Kier alpha value is -1.66. The van der Waals surface area contributed by atoms with Crippen LogP contribution in [0.25, 0.3) is 0 Å². The summed E-state index contributed by atoms with van der Waals surface area (Å²) in [6.45, 7) is 8.70. The molecule has 3 rings (SSSR count). The number of piperazine rings is 1. The summed E-state index contributed by atoms with van der Waals surface area (Å²) in [5.74, 6) is 0.800. The molecule has 0 unspecified atom stereocenters. The highest BCUT2D eigenvalue weighted by Crippen LogP contribution is 2.23. The molecule has 1 aliphatic heterocycles. The number of nitrogens with one attached hydrogen (secondary N) is 3. The van der Waals surface area contributed by atoms with Crippen LogP contribution in [0.1, 0.15) is 45.1 Å². The number of carbonyl (C=O) groups is 1. The van der Waals surface area contributed by atoms with Crippen molar-refractivity contribution < 1.29 is 9.69 Å². The molecule has 1 heterocycles. The maximum Gasteiger partial charge on any atom is 0.279 e. The summed E-state index contributed by atoms with van der Waals surface area (Å²) in [6, 6.07) is 8.57. The quantitative estimate of drug-likeness (QED) is 0.657. The SMILES string of the molecule is CCc1ccccc1NC(=O)C[NH+]1CCN(C(=S)N[C@H]2CCCC[C@H]2C)CC1. The van der Waals surface area contributed by atoms with Gasteiger partial charge in [0, 0.05) is 11.7 Å². The van der Waals surface area contributed by atoms with Crippen molar-refractivity contribution in [1.29, 1.82) is 0 Å². The zero-order chi connectivity index (χ0) is 19.9. The first-order valence-corrected chi connectivity index (χ1v) is 11.2. The number of quaternary nitrogens is 1. The molecule has 2 aliphatic rings. The van der Waals surface area contributed by atoms with E-state index in [-0.39, 0.29) is 5.91 Å². The second-order valence-electron chi connectivity index (χ2n) is 8.29. The fraction of sp³-hybridized carbons (Fsp3) is 0.636. The highest BCUT2D eigenvalue weighted by molar-refractivity contribution is 7.80. The van der Waals surface area contributed by atoms with Crippen LogP contribution >= 0.6 is 12.2 Å². The number of amides is 1. The third kappa shape index (κ3) is 5.67. The van der Waals surface area contributed by atoms with Crippen molar-refractivity contribution in [3.63, 3.8) is 0 Å². The van der Waals surface area contributed by atoms with Crippen LogP contribution < -0.4 is 15.5 Å². The Balaban J connectivity index is 1.42. The maximum atomic E-state index is 12.5. The molecule has 2 atom stereocenters. The highest BCUT2D eigenvalue weighted by Gasteiger charge is 2.27. The summed E-state index contributed by atoms with van der Waals surface area (Å²) in [4.78, 5) is 16.1. The molecule has 0 aromatic heterocycles. The molecule has 154 valence electrons. The largest absolute Gasteiger partial charge is 0.360 e. The van der Waals surface area contributed by atoms with E-state index in [2.05, 4.69) is 35.4 Å². The van der Waals surface area contributed by atoms with Crippen LogP contribution in [0.15, 0.2) is 24.3 Å². The lowest BCUT2D eigenvalue weighted by Gasteiger charge is -2.37. The molecule has 0 radical (unpaired) electrons. The van der Waals surface area contributed by atoms with Crippen molar-refractivity contribution in [3.05, 3.63) is 29.8 Å². The number of nitrogens with zero attached hydrogens (tertiary/aromatic N) is 1. The van der Waals surface area contributed by atoms with Gasteiger partial charge in [0.2, 0.25) is 0 Å². The van der Waals surface area contributed by atoms with Crippen LogP contribution in [0, 0.1) is 5.92 Å².